The summed E-state index contributed by atoms with van der Waals surface area (Å²) in [5.74, 6) is 1.68. The van der Waals surface area contributed by atoms with Crippen LogP contribution in [0.2, 0.25) is 0 Å². The fraction of sp³-hybridized carbons (Fsp3) is 0.533. The average Bonchev–Trinajstić information content (AvgIpc) is 2.88. The minimum atomic E-state index is 0.0137. The molecule has 0 bridgehead atoms. The van der Waals surface area contributed by atoms with Gasteiger partial charge in [-0.25, -0.2) is 0 Å². The number of carbonyl (C=O) groups excluding carboxylic acids is 1. The summed E-state index contributed by atoms with van der Waals surface area (Å²) in [5.41, 5.74) is 1.25. The monoisotopic (exact) mass is 278 g/mol. The van der Waals surface area contributed by atoms with Crippen molar-refractivity contribution in [2.75, 3.05) is 19.9 Å². The predicted molar refractivity (Wildman–Crippen MR) is 77.0 cm³/mol. The first kappa shape index (κ1) is 14.7. The molecule has 1 aliphatic rings. The van der Waals surface area contributed by atoms with Crippen LogP contribution >= 0.6 is 0 Å². The van der Waals surface area contributed by atoms with E-state index in [2.05, 4.69) is 23.6 Å². The molecule has 0 saturated carbocycles. The number of carbonyl (C=O) groups is 1. The number of hydrogen-bond donors (Lipinski definition) is 2. The summed E-state index contributed by atoms with van der Waals surface area (Å²) in [6.07, 6.45) is 2.03. The summed E-state index contributed by atoms with van der Waals surface area (Å²) in [6, 6.07) is 6.50. The highest BCUT2D eigenvalue weighted by molar-refractivity contribution is 5.72. The zero-order chi connectivity index (χ0) is 14.4. The molecule has 110 valence electrons. The van der Waals surface area contributed by atoms with Crippen molar-refractivity contribution in [2.45, 2.75) is 32.7 Å². The topological polar surface area (TPSA) is 59.6 Å². The normalized spacial score (nSPS) is 14.1. The van der Waals surface area contributed by atoms with Gasteiger partial charge in [0.2, 0.25) is 12.7 Å². The number of rotatable bonds is 7. The molecule has 1 atom stereocenters. The summed E-state index contributed by atoms with van der Waals surface area (Å²) in [5, 5.41) is 6.16. The number of amides is 1. The number of nitrogens with one attached hydrogen (secondary N) is 2. The van der Waals surface area contributed by atoms with Gasteiger partial charge in [0.05, 0.1) is 0 Å². The maximum Gasteiger partial charge on any atom is 0.231 e. The first-order valence-electron chi connectivity index (χ1n) is 7.01. The maximum atomic E-state index is 10.7. The summed E-state index contributed by atoms with van der Waals surface area (Å²) in [4.78, 5) is 10.7. The van der Waals surface area contributed by atoms with E-state index in [4.69, 9.17) is 9.47 Å². The SMILES string of the molecule is CC(=O)NCCNC(C)CCc1ccc2c(c1)OCO2. The van der Waals surface area contributed by atoms with Gasteiger partial charge in [0.25, 0.3) is 0 Å². The van der Waals surface area contributed by atoms with Crippen LogP contribution in [0.1, 0.15) is 25.8 Å². The third kappa shape index (κ3) is 4.42. The summed E-state index contributed by atoms with van der Waals surface area (Å²) < 4.78 is 10.7. The van der Waals surface area contributed by atoms with Crippen LogP contribution in [0.4, 0.5) is 0 Å². The molecule has 2 rings (SSSR count). The van der Waals surface area contributed by atoms with Gasteiger partial charge in [0.1, 0.15) is 0 Å². The van der Waals surface area contributed by atoms with Crippen LogP contribution in [0.15, 0.2) is 18.2 Å². The zero-order valence-electron chi connectivity index (χ0n) is 12.1. The van der Waals surface area contributed by atoms with E-state index >= 15 is 0 Å². The minimum absolute atomic E-state index is 0.0137. The Hall–Kier alpha value is -1.75. The molecule has 1 aromatic carbocycles. The van der Waals surface area contributed by atoms with E-state index < -0.39 is 0 Å². The molecule has 1 heterocycles. The van der Waals surface area contributed by atoms with E-state index in [0.717, 1.165) is 30.9 Å². The van der Waals surface area contributed by atoms with Crippen LogP contribution in [-0.4, -0.2) is 31.8 Å². The smallest absolute Gasteiger partial charge is 0.231 e. The molecular formula is C15H22N2O3. The van der Waals surface area contributed by atoms with Gasteiger partial charge < -0.3 is 20.1 Å². The molecular weight excluding hydrogens is 256 g/mol. The summed E-state index contributed by atoms with van der Waals surface area (Å²) in [6.45, 7) is 5.47. The Morgan fingerprint density at radius 2 is 2.10 bits per heavy atom. The number of ether oxygens (including phenoxy) is 2. The van der Waals surface area contributed by atoms with Gasteiger partial charge in [-0.05, 0) is 37.5 Å². The molecule has 1 amide bonds. The van der Waals surface area contributed by atoms with Gasteiger partial charge in [-0.3, -0.25) is 4.79 Å². The second-order valence-corrected chi connectivity index (χ2v) is 5.06. The molecule has 0 aromatic heterocycles. The van der Waals surface area contributed by atoms with Crippen molar-refractivity contribution in [1.82, 2.24) is 10.6 Å². The highest BCUT2D eigenvalue weighted by Gasteiger charge is 2.13. The summed E-state index contributed by atoms with van der Waals surface area (Å²) in [7, 11) is 0. The van der Waals surface area contributed by atoms with Crippen LogP contribution in [0.5, 0.6) is 11.5 Å². The molecule has 5 nitrogen and oxygen atoms in total. The van der Waals surface area contributed by atoms with E-state index in [1.54, 1.807) is 0 Å². The van der Waals surface area contributed by atoms with Gasteiger partial charge in [-0.2, -0.15) is 0 Å². The number of aryl methyl sites for hydroxylation is 1. The van der Waals surface area contributed by atoms with E-state index in [0.29, 0.717) is 19.4 Å². The third-order valence-electron chi connectivity index (χ3n) is 3.29. The van der Waals surface area contributed by atoms with E-state index in [9.17, 15) is 4.79 Å². The lowest BCUT2D eigenvalue weighted by Gasteiger charge is -2.14. The van der Waals surface area contributed by atoms with Crippen molar-refractivity contribution in [1.29, 1.82) is 0 Å². The van der Waals surface area contributed by atoms with Crippen molar-refractivity contribution in [3.63, 3.8) is 0 Å². The van der Waals surface area contributed by atoms with Crippen LogP contribution in [0, 0.1) is 0 Å². The molecule has 1 unspecified atom stereocenters. The Labute approximate surface area is 119 Å². The highest BCUT2D eigenvalue weighted by atomic mass is 16.7. The van der Waals surface area contributed by atoms with Gasteiger partial charge in [0.15, 0.2) is 11.5 Å². The van der Waals surface area contributed by atoms with Crippen molar-refractivity contribution in [3.05, 3.63) is 23.8 Å². The lowest BCUT2D eigenvalue weighted by Crippen LogP contribution is -2.35. The lowest BCUT2D eigenvalue weighted by atomic mass is 10.1. The Kier molecular flexibility index (Phi) is 5.24. The zero-order valence-corrected chi connectivity index (χ0v) is 12.1. The molecule has 1 aliphatic heterocycles. The quantitative estimate of drug-likeness (QED) is 0.741. The summed E-state index contributed by atoms with van der Waals surface area (Å²) >= 11 is 0. The predicted octanol–water partition coefficient (Wildman–Crippen LogP) is 1.46. The van der Waals surface area contributed by atoms with E-state index in [-0.39, 0.29) is 5.91 Å². The largest absolute Gasteiger partial charge is 0.454 e. The molecule has 0 fully saturated rings. The van der Waals surface area contributed by atoms with Gasteiger partial charge in [-0.15, -0.1) is 0 Å². The van der Waals surface area contributed by atoms with Crippen LogP contribution in [0.3, 0.4) is 0 Å². The van der Waals surface area contributed by atoms with Gasteiger partial charge in [0, 0.05) is 26.1 Å². The molecule has 0 radical (unpaired) electrons. The van der Waals surface area contributed by atoms with E-state index in [1.165, 1.54) is 12.5 Å². The molecule has 1 aromatic rings. The van der Waals surface area contributed by atoms with Gasteiger partial charge in [-0.1, -0.05) is 6.07 Å². The highest BCUT2D eigenvalue weighted by Crippen LogP contribution is 2.32. The molecule has 0 saturated heterocycles. The fourth-order valence-corrected chi connectivity index (χ4v) is 2.14. The second-order valence-electron chi connectivity index (χ2n) is 5.06. The van der Waals surface area contributed by atoms with Gasteiger partial charge >= 0.3 is 0 Å². The van der Waals surface area contributed by atoms with Crippen molar-refractivity contribution < 1.29 is 14.3 Å². The Balaban J connectivity index is 1.68. The first-order valence-corrected chi connectivity index (χ1v) is 7.01. The molecule has 2 N–H and O–H groups in total. The Bertz CT molecular complexity index is 462. The van der Waals surface area contributed by atoms with Crippen LogP contribution < -0.4 is 20.1 Å². The molecule has 20 heavy (non-hydrogen) atoms. The number of benzene rings is 1. The van der Waals surface area contributed by atoms with Crippen LogP contribution in [-0.2, 0) is 11.2 Å². The molecule has 0 spiro atoms. The van der Waals surface area contributed by atoms with Crippen molar-refractivity contribution >= 4 is 5.91 Å². The van der Waals surface area contributed by atoms with Crippen LogP contribution in [0.25, 0.3) is 0 Å². The molecule has 0 aliphatic carbocycles. The van der Waals surface area contributed by atoms with Crippen molar-refractivity contribution in [3.8, 4) is 11.5 Å². The fourth-order valence-electron chi connectivity index (χ4n) is 2.14. The first-order chi connectivity index (χ1) is 9.65. The second kappa shape index (κ2) is 7.14. The molecule has 5 heteroatoms. The maximum absolute atomic E-state index is 10.7. The minimum Gasteiger partial charge on any atom is -0.454 e. The van der Waals surface area contributed by atoms with E-state index in [1.807, 2.05) is 12.1 Å². The lowest BCUT2D eigenvalue weighted by molar-refractivity contribution is -0.118. The number of fused-ring (bicyclic) bond motifs is 1. The standard InChI is InChI=1S/C15H22N2O3/c1-11(16-7-8-17-12(2)18)3-4-13-5-6-14-15(9-13)20-10-19-14/h5-6,9,11,16H,3-4,7-8,10H2,1-2H3,(H,17,18). The Morgan fingerprint density at radius 3 is 2.90 bits per heavy atom. The number of hydrogen-bond acceptors (Lipinski definition) is 4. The Morgan fingerprint density at radius 1 is 1.30 bits per heavy atom. The third-order valence-corrected chi connectivity index (χ3v) is 3.29. The average molecular weight is 278 g/mol. The van der Waals surface area contributed by atoms with Crippen molar-refractivity contribution in [2.24, 2.45) is 0 Å².